The monoisotopic (exact) mass is 323 g/mol. The molecule has 0 aliphatic rings. The van der Waals surface area contributed by atoms with Crippen LogP contribution in [0.3, 0.4) is 0 Å². The number of aromatic nitrogens is 2. The smallest absolute Gasteiger partial charge is 0.214 e. The predicted molar refractivity (Wildman–Crippen MR) is 74.8 cm³/mol. The third-order valence-electron chi connectivity index (χ3n) is 2.30. The molecule has 0 radical (unpaired) electrons. The Morgan fingerprint density at radius 1 is 1.17 bits per heavy atom. The number of halogens is 2. The maximum atomic E-state index is 13.0. The molecule has 3 aromatic rings. The van der Waals surface area contributed by atoms with Crippen molar-refractivity contribution in [3.8, 4) is 0 Å². The lowest BCUT2D eigenvalue weighted by Gasteiger charge is -1.99. The van der Waals surface area contributed by atoms with Crippen LogP contribution >= 0.6 is 27.3 Å². The number of pyridine rings is 1. The largest absolute Gasteiger partial charge is 0.316 e. The van der Waals surface area contributed by atoms with E-state index in [1.54, 1.807) is 12.1 Å². The molecule has 0 atom stereocenters. The Balaban J connectivity index is 1.95. The molecular formula is C12H7BrFN3S. The van der Waals surface area contributed by atoms with Gasteiger partial charge in [-0.05, 0) is 30.3 Å². The molecule has 0 saturated carbocycles. The number of rotatable bonds is 2. The highest BCUT2D eigenvalue weighted by Crippen LogP contribution is 2.29. The Bertz CT molecular complexity index is 713. The molecule has 0 aliphatic heterocycles. The van der Waals surface area contributed by atoms with Crippen LogP contribution in [-0.2, 0) is 0 Å². The van der Waals surface area contributed by atoms with Gasteiger partial charge in [-0.2, -0.15) is 4.39 Å². The molecule has 0 unspecified atom stereocenters. The molecule has 1 N–H and O–H groups in total. The first kappa shape index (κ1) is 11.6. The summed E-state index contributed by atoms with van der Waals surface area (Å²) in [5.41, 5.74) is 0.905. The highest BCUT2D eigenvalue weighted by molar-refractivity contribution is 9.10. The van der Waals surface area contributed by atoms with E-state index in [1.807, 2.05) is 18.2 Å². The summed E-state index contributed by atoms with van der Waals surface area (Å²) in [6.07, 6.45) is 0. The molecule has 0 bridgehead atoms. The van der Waals surface area contributed by atoms with Crippen LogP contribution in [0.4, 0.5) is 15.3 Å². The number of fused-ring (bicyclic) bond motifs is 1. The van der Waals surface area contributed by atoms with Gasteiger partial charge in [0.25, 0.3) is 0 Å². The van der Waals surface area contributed by atoms with Gasteiger partial charge in [0.15, 0.2) is 5.13 Å². The van der Waals surface area contributed by atoms with Crippen LogP contribution in [-0.4, -0.2) is 9.97 Å². The molecule has 6 heteroatoms. The lowest BCUT2D eigenvalue weighted by molar-refractivity contribution is 0.585. The van der Waals surface area contributed by atoms with E-state index in [0.717, 1.165) is 14.7 Å². The van der Waals surface area contributed by atoms with Crippen molar-refractivity contribution in [3.63, 3.8) is 0 Å². The second kappa shape index (κ2) is 4.62. The van der Waals surface area contributed by atoms with Gasteiger partial charge in [0.05, 0.1) is 10.2 Å². The summed E-state index contributed by atoms with van der Waals surface area (Å²) in [5, 5.41) is 3.69. The Kier molecular flexibility index (Phi) is 2.97. The van der Waals surface area contributed by atoms with E-state index in [0.29, 0.717) is 10.9 Å². The van der Waals surface area contributed by atoms with Gasteiger partial charge in [0.2, 0.25) is 5.95 Å². The molecule has 2 aromatic heterocycles. The third-order valence-corrected chi connectivity index (χ3v) is 3.73. The fraction of sp³-hybridized carbons (Fsp3) is 0. The van der Waals surface area contributed by atoms with Gasteiger partial charge in [-0.15, -0.1) is 0 Å². The average Bonchev–Trinajstić information content (AvgIpc) is 2.70. The first-order valence-corrected chi connectivity index (χ1v) is 6.77. The molecule has 0 spiro atoms. The molecular weight excluding hydrogens is 317 g/mol. The number of hydrogen-bond acceptors (Lipinski definition) is 4. The first-order chi connectivity index (χ1) is 8.70. The molecule has 3 nitrogen and oxygen atoms in total. The van der Waals surface area contributed by atoms with Crippen LogP contribution in [0, 0.1) is 5.95 Å². The Morgan fingerprint density at radius 3 is 2.89 bits per heavy atom. The molecule has 18 heavy (non-hydrogen) atoms. The normalized spacial score (nSPS) is 10.8. The van der Waals surface area contributed by atoms with E-state index >= 15 is 0 Å². The van der Waals surface area contributed by atoms with Crippen molar-refractivity contribution >= 4 is 48.4 Å². The van der Waals surface area contributed by atoms with E-state index in [2.05, 4.69) is 31.2 Å². The molecule has 90 valence electrons. The number of nitrogens with zero attached hydrogens (tertiary/aromatic N) is 2. The van der Waals surface area contributed by atoms with Gasteiger partial charge >= 0.3 is 0 Å². The van der Waals surface area contributed by atoms with Gasteiger partial charge < -0.3 is 5.32 Å². The molecule has 0 saturated heterocycles. The highest BCUT2D eigenvalue weighted by Gasteiger charge is 2.05. The van der Waals surface area contributed by atoms with E-state index in [1.165, 1.54) is 17.4 Å². The number of thiazole rings is 1. The summed E-state index contributed by atoms with van der Waals surface area (Å²) in [6, 6.07) is 10.5. The van der Waals surface area contributed by atoms with Crippen LogP contribution in [0.15, 0.2) is 40.9 Å². The quantitative estimate of drug-likeness (QED) is 0.713. The number of benzene rings is 1. The highest BCUT2D eigenvalue weighted by atomic mass is 79.9. The van der Waals surface area contributed by atoms with Crippen molar-refractivity contribution in [2.75, 3.05) is 5.32 Å². The topological polar surface area (TPSA) is 37.8 Å². The number of anilines is 2. The summed E-state index contributed by atoms with van der Waals surface area (Å²) in [5.74, 6) is -0.0584. The van der Waals surface area contributed by atoms with E-state index in [9.17, 15) is 4.39 Å². The molecule has 3 rings (SSSR count). The fourth-order valence-corrected chi connectivity index (χ4v) is 2.96. The fourth-order valence-electron chi connectivity index (χ4n) is 1.54. The minimum absolute atomic E-state index is 0.452. The maximum absolute atomic E-state index is 13.0. The second-order valence-electron chi connectivity index (χ2n) is 3.60. The minimum atomic E-state index is -0.510. The molecule has 0 amide bonds. The zero-order valence-electron chi connectivity index (χ0n) is 9.02. The van der Waals surface area contributed by atoms with Crippen molar-refractivity contribution in [3.05, 3.63) is 46.8 Å². The van der Waals surface area contributed by atoms with Crippen LogP contribution in [0.1, 0.15) is 0 Å². The van der Waals surface area contributed by atoms with Crippen LogP contribution < -0.4 is 5.32 Å². The minimum Gasteiger partial charge on any atom is -0.316 e. The standard InChI is InChI=1S/C12H7BrFN3S/c13-7-4-5-8-9(6-7)18-12(15-8)17-11-3-1-2-10(14)16-11/h1-6H,(H,15,16,17). The van der Waals surface area contributed by atoms with E-state index in [4.69, 9.17) is 0 Å². The van der Waals surface area contributed by atoms with Crippen LogP contribution in [0.5, 0.6) is 0 Å². The number of hydrogen-bond donors (Lipinski definition) is 1. The first-order valence-electron chi connectivity index (χ1n) is 5.16. The summed E-state index contributed by atoms with van der Waals surface area (Å²) < 4.78 is 15.0. The van der Waals surface area contributed by atoms with Crippen molar-refractivity contribution in [2.24, 2.45) is 0 Å². The second-order valence-corrected chi connectivity index (χ2v) is 5.55. The summed E-state index contributed by atoms with van der Waals surface area (Å²) >= 11 is 4.91. The average molecular weight is 324 g/mol. The molecule has 0 aliphatic carbocycles. The van der Waals surface area contributed by atoms with E-state index < -0.39 is 5.95 Å². The van der Waals surface area contributed by atoms with Gasteiger partial charge in [-0.25, -0.2) is 9.97 Å². The molecule has 2 heterocycles. The summed E-state index contributed by atoms with van der Waals surface area (Å²) in [6.45, 7) is 0. The van der Waals surface area contributed by atoms with Gasteiger partial charge in [-0.3, -0.25) is 0 Å². The van der Waals surface area contributed by atoms with E-state index in [-0.39, 0.29) is 0 Å². The maximum Gasteiger partial charge on any atom is 0.214 e. The summed E-state index contributed by atoms with van der Waals surface area (Å²) in [7, 11) is 0. The van der Waals surface area contributed by atoms with Crippen LogP contribution in [0.2, 0.25) is 0 Å². The number of nitrogens with one attached hydrogen (secondary N) is 1. The Labute approximate surface area is 115 Å². The third kappa shape index (κ3) is 2.34. The zero-order valence-corrected chi connectivity index (χ0v) is 11.4. The lowest BCUT2D eigenvalue weighted by Crippen LogP contribution is -1.93. The molecule has 0 fully saturated rings. The Hall–Kier alpha value is -1.53. The van der Waals surface area contributed by atoms with Crippen molar-refractivity contribution < 1.29 is 4.39 Å². The predicted octanol–water partition coefficient (Wildman–Crippen LogP) is 4.34. The van der Waals surface area contributed by atoms with Crippen molar-refractivity contribution in [2.45, 2.75) is 0 Å². The molecule has 1 aromatic carbocycles. The van der Waals surface area contributed by atoms with Gasteiger partial charge in [0.1, 0.15) is 5.82 Å². The van der Waals surface area contributed by atoms with Gasteiger partial charge in [0, 0.05) is 4.47 Å². The summed E-state index contributed by atoms with van der Waals surface area (Å²) in [4.78, 5) is 8.14. The van der Waals surface area contributed by atoms with Crippen molar-refractivity contribution in [1.82, 2.24) is 9.97 Å². The van der Waals surface area contributed by atoms with Crippen LogP contribution in [0.25, 0.3) is 10.2 Å². The Morgan fingerprint density at radius 2 is 2.06 bits per heavy atom. The lowest BCUT2D eigenvalue weighted by atomic mass is 10.3. The SMILES string of the molecule is Fc1cccc(Nc2nc3ccc(Br)cc3s2)n1. The van der Waals surface area contributed by atoms with Gasteiger partial charge in [-0.1, -0.05) is 33.3 Å². The van der Waals surface area contributed by atoms with Crippen molar-refractivity contribution in [1.29, 1.82) is 0 Å². The zero-order chi connectivity index (χ0) is 12.5.